The van der Waals surface area contributed by atoms with E-state index in [4.69, 9.17) is 10.5 Å². The van der Waals surface area contributed by atoms with Gasteiger partial charge in [0, 0.05) is 28.6 Å². The number of hydrogen-bond acceptors (Lipinski definition) is 4. The summed E-state index contributed by atoms with van der Waals surface area (Å²) >= 11 is 3.33. The van der Waals surface area contributed by atoms with E-state index in [1.807, 2.05) is 19.1 Å². The molecule has 0 aromatic carbocycles. The van der Waals surface area contributed by atoms with Crippen molar-refractivity contribution in [1.29, 1.82) is 0 Å². The summed E-state index contributed by atoms with van der Waals surface area (Å²) in [4.78, 5) is 8.07. The van der Waals surface area contributed by atoms with E-state index in [-0.39, 0.29) is 6.10 Å². The molecule has 0 aliphatic rings. The third kappa shape index (κ3) is 2.94. The Morgan fingerprint density at radius 2 is 2.24 bits per heavy atom. The fourth-order valence-electron chi connectivity index (χ4n) is 1.40. The smallest absolute Gasteiger partial charge is 0.166 e. The van der Waals surface area contributed by atoms with Crippen LogP contribution in [0.1, 0.15) is 18.6 Å². The van der Waals surface area contributed by atoms with Gasteiger partial charge in [0.25, 0.3) is 0 Å². The van der Waals surface area contributed by atoms with Gasteiger partial charge in [-0.05, 0) is 35.0 Å². The molecule has 2 N–H and O–H groups in total. The Morgan fingerprint density at radius 3 is 2.94 bits per heavy atom. The van der Waals surface area contributed by atoms with Gasteiger partial charge in [-0.25, -0.2) is 4.98 Å². The first-order valence-corrected chi connectivity index (χ1v) is 5.93. The predicted molar refractivity (Wildman–Crippen MR) is 69.6 cm³/mol. The molecular formula is C12H12BrN3O. The van der Waals surface area contributed by atoms with Crippen molar-refractivity contribution in [2.75, 3.05) is 5.73 Å². The van der Waals surface area contributed by atoms with Gasteiger partial charge in [-0.3, -0.25) is 4.98 Å². The summed E-state index contributed by atoms with van der Waals surface area (Å²) in [7, 11) is 0. The third-order valence-corrected chi connectivity index (χ3v) is 2.74. The summed E-state index contributed by atoms with van der Waals surface area (Å²) < 4.78 is 6.59. The molecule has 0 aliphatic carbocycles. The van der Waals surface area contributed by atoms with Gasteiger partial charge in [0.05, 0.1) is 0 Å². The van der Waals surface area contributed by atoms with Crippen LogP contribution in [-0.4, -0.2) is 9.97 Å². The second-order valence-electron chi connectivity index (χ2n) is 3.58. The van der Waals surface area contributed by atoms with Crippen molar-refractivity contribution in [3.05, 3.63) is 46.8 Å². The van der Waals surface area contributed by atoms with Gasteiger partial charge >= 0.3 is 0 Å². The molecule has 0 saturated heterocycles. The lowest BCUT2D eigenvalue weighted by atomic mass is 10.2. The lowest BCUT2D eigenvalue weighted by molar-refractivity contribution is 0.227. The molecule has 0 aliphatic heterocycles. The summed E-state index contributed by atoms with van der Waals surface area (Å²) in [6.45, 7) is 1.94. The number of halogens is 1. The third-order valence-electron chi connectivity index (χ3n) is 2.31. The molecular weight excluding hydrogens is 282 g/mol. The van der Waals surface area contributed by atoms with E-state index in [9.17, 15) is 0 Å². The Bertz CT molecular complexity index is 504. The second-order valence-corrected chi connectivity index (χ2v) is 4.50. The van der Waals surface area contributed by atoms with Crippen molar-refractivity contribution in [3.8, 4) is 5.75 Å². The minimum atomic E-state index is -0.123. The first-order valence-electron chi connectivity index (χ1n) is 5.14. The number of nitrogens with two attached hydrogens (primary N) is 1. The minimum Gasteiger partial charge on any atom is -0.482 e. The van der Waals surface area contributed by atoms with E-state index < -0.39 is 0 Å². The van der Waals surface area contributed by atoms with Crippen molar-refractivity contribution >= 4 is 21.7 Å². The van der Waals surface area contributed by atoms with Crippen LogP contribution < -0.4 is 10.5 Å². The number of hydrogen-bond donors (Lipinski definition) is 1. The van der Waals surface area contributed by atoms with Gasteiger partial charge in [0.1, 0.15) is 6.10 Å². The van der Waals surface area contributed by atoms with Gasteiger partial charge in [-0.2, -0.15) is 0 Å². The number of nitrogen functional groups attached to an aromatic ring is 1. The molecule has 2 aromatic heterocycles. The van der Waals surface area contributed by atoms with Gasteiger partial charge in [-0.15, -0.1) is 0 Å². The number of anilines is 1. The Kier molecular flexibility index (Phi) is 3.58. The summed E-state index contributed by atoms with van der Waals surface area (Å²) in [5.41, 5.74) is 6.74. The van der Waals surface area contributed by atoms with E-state index in [0.717, 1.165) is 10.0 Å². The van der Waals surface area contributed by atoms with Crippen molar-refractivity contribution in [2.45, 2.75) is 13.0 Å². The van der Waals surface area contributed by atoms with Crippen LogP contribution in [0.4, 0.5) is 5.82 Å². The Balaban J connectivity index is 2.18. The summed E-state index contributed by atoms with van der Waals surface area (Å²) in [5, 5.41) is 0. The SMILES string of the molecule is C[C@@H](Oc1cc(Br)cnc1N)c1cccnc1. The zero-order valence-electron chi connectivity index (χ0n) is 9.30. The molecule has 5 heteroatoms. The number of ether oxygens (including phenoxy) is 1. The maximum Gasteiger partial charge on any atom is 0.166 e. The van der Waals surface area contributed by atoms with Crippen LogP contribution in [0.3, 0.4) is 0 Å². The van der Waals surface area contributed by atoms with E-state index in [1.54, 1.807) is 24.7 Å². The van der Waals surface area contributed by atoms with Gasteiger partial charge in [0.2, 0.25) is 0 Å². The van der Waals surface area contributed by atoms with Crippen molar-refractivity contribution in [1.82, 2.24) is 9.97 Å². The van der Waals surface area contributed by atoms with E-state index in [0.29, 0.717) is 11.6 Å². The average molecular weight is 294 g/mol. The van der Waals surface area contributed by atoms with Gasteiger partial charge in [0.15, 0.2) is 11.6 Å². The maximum absolute atomic E-state index is 5.75. The minimum absolute atomic E-state index is 0.123. The molecule has 0 radical (unpaired) electrons. The first-order chi connectivity index (χ1) is 8.16. The average Bonchev–Trinajstić information content (AvgIpc) is 2.35. The molecule has 0 unspecified atom stereocenters. The van der Waals surface area contributed by atoms with Gasteiger partial charge in [-0.1, -0.05) is 6.07 Å². The molecule has 0 amide bonds. The molecule has 2 heterocycles. The summed E-state index contributed by atoms with van der Waals surface area (Å²) in [5.74, 6) is 0.944. The van der Waals surface area contributed by atoms with Gasteiger partial charge < -0.3 is 10.5 Å². The largest absolute Gasteiger partial charge is 0.482 e. The standard InChI is InChI=1S/C12H12BrN3O/c1-8(9-3-2-4-15-6-9)17-11-5-10(13)7-16-12(11)14/h2-8H,1H3,(H2,14,16)/t8-/m1/s1. The zero-order valence-corrected chi connectivity index (χ0v) is 10.9. The Morgan fingerprint density at radius 1 is 1.41 bits per heavy atom. The summed E-state index contributed by atoms with van der Waals surface area (Å²) in [6.07, 6.45) is 5.01. The molecule has 0 bridgehead atoms. The zero-order chi connectivity index (χ0) is 12.3. The highest BCUT2D eigenvalue weighted by Gasteiger charge is 2.10. The predicted octanol–water partition coefficient (Wildman–Crippen LogP) is 2.96. The fourth-order valence-corrected chi connectivity index (χ4v) is 1.71. The monoisotopic (exact) mass is 293 g/mol. The molecule has 0 fully saturated rings. The molecule has 0 saturated carbocycles. The van der Waals surface area contributed by atoms with Crippen LogP contribution >= 0.6 is 15.9 Å². The fraction of sp³-hybridized carbons (Fsp3) is 0.167. The molecule has 0 spiro atoms. The Labute approximate surface area is 108 Å². The quantitative estimate of drug-likeness (QED) is 0.945. The van der Waals surface area contributed by atoms with Crippen molar-refractivity contribution in [2.24, 2.45) is 0 Å². The topological polar surface area (TPSA) is 61.0 Å². The number of nitrogens with zero attached hydrogens (tertiary/aromatic N) is 2. The van der Waals surface area contributed by atoms with Crippen LogP contribution in [0, 0.1) is 0 Å². The molecule has 4 nitrogen and oxygen atoms in total. The highest BCUT2D eigenvalue weighted by molar-refractivity contribution is 9.10. The summed E-state index contributed by atoms with van der Waals surface area (Å²) in [6, 6.07) is 5.63. The maximum atomic E-state index is 5.75. The second kappa shape index (κ2) is 5.14. The van der Waals surface area contributed by atoms with Crippen LogP contribution in [0.5, 0.6) is 5.75 Å². The normalized spacial score (nSPS) is 12.1. The van der Waals surface area contributed by atoms with Crippen molar-refractivity contribution in [3.63, 3.8) is 0 Å². The molecule has 2 rings (SSSR count). The number of rotatable bonds is 3. The van der Waals surface area contributed by atoms with Crippen LogP contribution in [0.15, 0.2) is 41.3 Å². The highest BCUT2D eigenvalue weighted by Crippen LogP contribution is 2.27. The van der Waals surface area contributed by atoms with Crippen LogP contribution in [-0.2, 0) is 0 Å². The lowest BCUT2D eigenvalue weighted by Gasteiger charge is -2.15. The van der Waals surface area contributed by atoms with E-state index in [2.05, 4.69) is 25.9 Å². The number of pyridine rings is 2. The lowest BCUT2D eigenvalue weighted by Crippen LogP contribution is -2.06. The highest BCUT2D eigenvalue weighted by atomic mass is 79.9. The molecule has 1 atom stereocenters. The Hall–Kier alpha value is -1.62. The molecule has 88 valence electrons. The molecule has 17 heavy (non-hydrogen) atoms. The first kappa shape index (κ1) is 11.9. The molecule has 2 aromatic rings. The number of aromatic nitrogens is 2. The van der Waals surface area contributed by atoms with Crippen LogP contribution in [0.25, 0.3) is 0 Å². The van der Waals surface area contributed by atoms with Crippen molar-refractivity contribution < 1.29 is 4.74 Å². The van der Waals surface area contributed by atoms with E-state index in [1.165, 1.54) is 0 Å². The van der Waals surface area contributed by atoms with Crippen LogP contribution in [0.2, 0.25) is 0 Å². The van der Waals surface area contributed by atoms with E-state index >= 15 is 0 Å².